The number of nitrogens with zero attached hydrogens (tertiary/aromatic N) is 2. The molecule has 0 fully saturated rings. The van der Waals surface area contributed by atoms with Gasteiger partial charge in [-0.15, -0.1) is 0 Å². The highest BCUT2D eigenvalue weighted by molar-refractivity contribution is 5.91. The number of aliphatic imine (C=N–C) groups is 2. The van der Waals surface area contributed by atoms with Gasteiger partial charge in [0.15, 0.2) is 0 Å². The number of amides is 1. The summed E-state index contributed by atoms with van der Waals surface area (Å²) in [7, 11) is 0. The fourth-order valence-corrected chi connectivity index (χ4v) is 0.959. The molecule has 0 aromatic carbocycles. The lowest BCUT2D eigenvalue weighted by molar-refractivity contribution is -0.114. The number of rotatable bonds is 1. The quantitative estimate of drug-likeness (QED) is 0.652. The van der Waals surface area contributed by atoms with E-state index in [0.29, 0.717) is 0 Å². The molecule has 0 saturated heterocycles. The Labute approximate surface area is 116 Å². The van der Waals surface area contributed by atoms with Crippen LogP contribution in [0.1, 0.15) is 0 Å². The van der Waals surface area contributed by atoms with Crippen LogP contribution in [-0.4, -0.2) is 18.3 Å². The monoisotopic (exact) mass is 273 g/mol. The van der Waals surface area contributed by atoms with Crippen LogP contribution in [0, 0.1) is 0 Å². The molecule has 0 aromatic heterocycles. The summed E-state index contributed by atoms with van der Waals surface area (Å²) in [5.41, 5.74) is 5.28. The molecule has 0 aromatic rings. The molecule has 0 spiro atoms. The molecule has 0 radical (unpaired) electrons. The maximum atomic E-state index is 11.1. The predicted octanol–water partition coefficient (Wildman–Crippen LogP) is 0.634. The normalized spacial score (nSPS) is 15.7. The number of hydrogen-bond acceptors (Lipinski definition) is 6. The molecule has 1 aliphatic rings. The van der Waals surface area contributed by atoms with Gasteiger partial charge in [0.25, 0.3) is 5.91 Å². The van der Waals surface area contributed by atoms with Crippen molar-refractivity contribution in [1.29, 1.82) is 0 Å². The van der Waals surface area contributed by atoms with Crippen molar-refractivity contribution in [2.75, 3.05) is 0 Å². The van der Waals surface area contributed by atoms with Gasteiger partial charge in [0.2, 0.25) is 0 Å². The molecule has 0 saturated carbocycles. The summed E-state index contributed by atoms with van der Waals surface area (Å²) < 4.78 is 5.02. The van der Waals surface area contributed by atoms with Crippen molar-refractivity contribution in [3.8, 4) is 0 Å². The number of carbonyl (C=O) groups is 1. The van der Waals surface area contributed by atoms with Gasteiger partial charge in [-0.25, -0.2) is 0 Å². The zero-order chi connectivity index (χ0) is 14.5. The number of nitrogens with two attached hydrogens (primary N) is 1. The van der Waals surface area contributed by atoms with E-state index in [1.54, 1.807) is 43.2 Å². The Kier molecular flexibility index (Phi) is 7.40. The van der Waals surface area contributed by atoms with Gasteiger partial charge in [-0.2, -0.15) is 0 Å². The summed E-state index contributed by atoms with van der Waals surface area (Å²) >= 11 is 0. The van der Waals surface area contributed by atoms with E-state index in [0.717, 1.165) is 0 Å². The second-order valence-corrected chi connectivity index (χ2v) is 3.26. The fraction of sp³-hybridized carbons (Fsp3) is 0. The van der Waals surface area contributed by atoms with E-state index in [9.17, 15) is 4.79 Å². The average Bonchev–Trinajstić information content (AvgIpc) is 2.43. The molecule has 1 heterocycles. The number of nitrogens with one attached hydrogen (secondary N) is 2. The number of primary amides is 1. The fourth-order valence-electron chi connectivity index (χ4n) is 0.959. The Morgan fingerprint density at radius 2 is 1.90 bits per heavy atom. The Hall–Kier alpha value is -3.09. The van der Waals surface area contributed by atoms with E-state index in [1.165, 1.54) is 24.9 Å². The van der Waals surface area contributed by atoms with E-state index in [-0.39, 0.29) is 5.70 Å². The third-order valence-corrected chi connectivity index (χ3v) is 1.80. The highest BCUT2D eigenvalue weighted by atomic mass is 16.5. The van der Waals surface area contributed by atoms with E-state index in [2.05, 4.69) is 20.6 Å². The molecule has 0 aliphatic carbocycles. The highest BCUT2D eigenvalue weighted by Crippen LogP contribution is 1.90. The lowest BCUT2D eigenvalue weighted by Gasteiger charge is -2.01. The molecular weight excluding hydrogens is 258 g/mol. The minimum absolute atomic E-state index is 0.107. The van der Waals surface area contributed by atoms with Gasteiger partial charge >= 0.3 is 0 Å². The van der Waals surface area contributed by atoms with Crippen LogP contribution in [0.4, 0.5) is 0 Å². The molecular formula is C13H15N5O2. The van der Waals surface area contributed by atoms with Crippen molar-refractivity contribution >= 4 is 18.3 Å². The first-order valence-electron chi connectivity index (χ1n) is 5.65. The van der Waals surface area contributed by atoms with E-state index < -0.39 is 5.91 Å². The number of ether oxygens (including phenoxy) is 1. The summed E-state index contributed by atoms with van der Waals surface area (Å²) in [6.45, 7) is 0. The first kappa shape index (κ1) is 15.0. The van der Waals surface area contributed by atoms with Gasteiger partial charge in [0, 0.05) is 43.4 Å². The molecule has 1 rings (SSSR count). The average molecular weight is 273 g/mol. The van der Waals surface area contributed by atoms with Crippen molar-refractivity contribution in [1.82, 2.24) is 10.6 Å². The molecule has 0 unspecified atom stereocenters. The zero-order valence-electron chi connectivity index (χ0n) is 10.6. The predicted molar refractivity (Wildman–Crippen MR) is 78.2 cm³/mol. The summed E-state index contributed by atoms with van der Waals surface area (Å²) in [4.78, 5) is 19.0. The highest BCUT2D eigenvalue weighted by Gasteiger charge is 2.01. The van der Waals surface area contributed by atoms with Gasteiger partial charge in [-0.05, 0) is 12.2 Å². The molecule has 0 bridgehead atoms. The van der Waals surface area contributed by atoms with Crippen molar-refractivity contribution in [3.63, 3.8) is 0 Å². The van der Waals surface area contributed by atoms with Gasteiger partial charge in [-0.1, -0.05) is 0 Å². The van der Waals surface area contributed by atoms with Crippen LogP contribution in [0.25, 0.3) is 0 Å². The molecule has 7 nitrogen and oxygen atoms in total. The molecule has 104 valence electrons. The van der Waals surface area contributed by atoms with Gasteiger partial charge in [0.1, 0.15) is 12.0 Å². The van der Waals surface area contributed by atoms with Gasteiger partial charge in [-0.3, -0.25) is 14.8 Å². The lowest BCUT2D eigenvalue weighted by atomic mass is 10.4. The molecule has 7 heteroatoms. The molecule has 1 amide bonds. The first-order chi connectivity index (χ1) is 9.80. The van der Waals surface area contributed by atoms with Crippen LogP contribution < -0.4 is 16.4 Å². The molecule has 0 atom stereocenters. The topological polar surface area (TPSA) is 101 Å². The maximum absolute atomic E-state index is 11.1. The largest absolute Gasteiger partial charge is 0.470 e. The SMILES string of the molecule is NC(=O)C1=COC=CC=NC=CC=NC=CNC=CN1. The standard InChI is InChI=1S/C13H15N5O2/c14-13(19)12-11-20-10-2-5-15-3-1-4-16-6-7-17-8-9-18-12/h1-11,17-18H,(H2,14,19). The maximum Gasteiger partial charge on any atom is 0.268 e. The summed E-state index contributed by atoms with van der Waals surface area (Å²) in [5.74, 6) is -0.641. The second-order valence-electron chi connectivity index (χ2n) is 3.26. The van der Waals surface area contributed by atoms with Crippen molar-refractivity contribution in [2.24, 2.45) is 15.7 Å². The third-order valence-electron chi connectivity index (χ3n) is 1.80. The van der Waals surface area contributed by atoms with Crippen LogP contribution in [0.5, 0.6) is 0 Å². The van der Waals surface area contributed by atoms with Gasteiger partial charge < -0.3 is 21.1 Å². The van der Waals surface area contributed by atoms with Gasteiger partial charge in [0.05, 0.1) is 6.26 Å². The molecule has 20 heavy (non-hydrogen) atoms. The van der Waals surface area contributed by atoms with Crippen LogP contribution in [-0.2, 0) is 9.53 Å². The van der Waals surface area contributed by atoms with Crippen molar-refractivity contribution in [3.05, 3.63) is 61.4 Å². The Morgan fingerprint density at radius 3 is 2.75 bits per heavy atom. The first-order valence-corrected chi connectivity index (χ1v) is 5.65. The minimum atomic E-state index is -0.641. The van der Waals surface area contributed by atoms with Crippen LogP contribution in [0.15, 0.2) is 71.4 Å². The van der Waals surface area contributed by atoms with Crippen LogP contribution in [0.3, 0.4) is 0 Å². The Morgan fingerprint density at radius 1 is 1.10 bits per heavy atom. The van der Waals surface area contributed by atoms with E-state index in [1.807, 2.05) is 0 Å². The summed E-state index contributed by atoms with van der Waals surface area (Å²) in [5, 5.41) is 5.49. The third kappa shape index (κ3) is 7.28. The summed E-state index contributed by atoms with van der Waals surface area (Å²) in [6.07, 6.45) is 16.7. The number of allylic oxidation sites excluding steroid dienone is 2. The number of hydrogen-bond donors (Lipinski definition) is 3. The Balaban J connectivity index is 2.76. The van der Waals surface area contributed by atoms with Crippen LogP contribution >= 0.6 is 0 Å². The molecule has 1 aliphatic heterocycles. The smallest absolute Gasteiger partial charge is 0.268 e. The van der Waals surface area contributed by atoms with Crippen LogP contribution in [0.2, 0.25) is 0 Å². The number of carbonyl (C=O) groups excluding carboxylic acids is 1. The summed E-state index contributed by atoms with van der Waals surface area (Å²) in [6, 6.07) is 0. The lowest BCUT2D eigenvalue weighted by Crippen LogP contribution is -2.23. The van der Waals surface area contributed by atoms with E-state index in [4.69, 9.17) is 10.5 Å². The minimum Gasteiger partial charge on any atom is -0.470 e. The second kappa shape index (κ2) is 9.89. The van der Waals surface area contributed by atoms with Crippen molar-refractivity contribution < 1.29 is 9.53 Å². The van der Waals surface area contributed by atoms with E-state index >= 15 is 0 Å². The zero-order valence-corrected chi connectivity index (χ0v) is 10.6. The Bertz CT molecular complexity index is 513. The van der Waals surface area contributed by atoms with Crippen molar-refractivity contribution in [2.45, 2.75) is 0 Å². The molecule has 4 N–H and O–H groups in total.